The van der Waals surface area contributed by atoms with Crippen LogP contribution in [0.2, 0.25) is 0 Å². The molecule has 0 unspecified atom stereocenters. The highest BCUT2D eigenvalue weighted by atomic mass is 16.5. The lowest BCUT2D eigenvalue weighted by Crippen LogP contribution is -2.23. The third-order valence-corrected chi connectivity index (χ3v) is 3.29. The van der Waals surface area contributed by atoms with Gasteiger partial charge in [0.05, 0.1) is 6.54 Å². The minimum Gasteiger partial charge on any atom is -0.347 e. The maximum Gasteiger partial charge on any atom is 0.340 e. The van der Waals surface area contributed by atoms with Crippen molar-refractivity contribution in [2.24, 2.45) is 0 Å². The summed E-state index contributed by atoms with van der Waals surface area (Å²) in [5.74, 6) is 1.17. The van der Waals surface area contributed by atoms with E-state index < -0.39 is 0 Å². The van der Waals surface area contributed by atoms with E-state index in [4.69, 9.17) is 4.52 Å². The average molecular weight is 328 g/mol. The number of carbonyl (C=O) groups excluding carboxylic acids is 1. The molecule has 0 spiro atoms. The minimum atomic E-state index is -0.387. The van der Waals surface area contributed by atoms with Gasteiger partial charge in [0.15, 0.2) is 5.82 Å². The smallest absolute Gasteiger partial charge is 0.340 e. The first-order valence-corrected chi connectivity index (χ1v) is 7.44. The van der Waals surface area contributed by atoms with Crippen molar-refractivity contribution in [1.82, 2.24) is 30.6 Å². The molecule has 0 saturated heterocycles. The number of hydrogen-bond donors (Lipinski definition) is 3. The standard InChI is InChI=1S/C15H16N6O3/c22-13(7-6-11-18-15(23)20-19-11)16-9-14-17-12(21-24-14)8-10-4-2-1-3-5-10/h1-5H,6-9H2,(H,16,22)(H2,18,19,20,23). The monoisotopic (exact) mass is 328 g/mol. The summed E-state index contributed by atoms with van der Waals surface area (Å²) in [5.41, 5.74) is 0.698. The summed E-state index contributed by atoms with van der Waals surface area (Å²) in [7, 11) is 0. The molecule has 0 aliphatic carbocycles. The Morgan fingerprint density at radius 3 is 2.83 bits per heavy atom. The Morgan fingerprint density at radius 1 is 1.25 bits per heavy atom. The van der Waals surface area contributed by atoms with E-state index in [9.17, 15) is 9.59 Å². The van der Waals surface area contributed by atoms with Crippen LogP contribution in [0, 0.1) is 0 Å². The Balaban J connectivity index is 1.44. The Kier molecular flexibility index (Phi) is 4.80. The van der Waals surface area contributed by atoms with Crippen molar-refractivity contribution in [1.29, 1.82) is 0 Å². The molecule has 0 aliphatic heterocycles. The summed E-state index contributed by atoms with van der Waals surface area (Å²) in [4.78, 5) is 29.4. The Hall–Kier alpha value is -3.23. The topological polar surface area (TPSA) is 130 Å². The summed E-state index contributed by atoms with van der Waals surface area (Å²) >= 11 is 0. The van der Waals surface area contributed by atoms with Crippen LogP contribution in [0.5, 0.6) is 0 Å². The Labute approximate surface area is 136 Å². The highest BCUT2D eigenvalue weighted by molar-refractivity contribution is 5.75. The lowest BCUT2D eigenvalue weighted by atomic mass is 10.1. The van der Waals surface area contributed by atoms with Gasteiger partial charge in [-0.05, 0) is 5.56 Å². The molecule has 3 N–H and O–H groups in total. The molecular weight excluding hydrogens is 312 g/mol. The van der Waals surface area contributed by atoms with Gasteiger partial charge in [0.2, 0.25) is 11.8 Å². The SMILES string of the molecule is O=C(CCc1n[nH]c(=O)[nH]1)NCc1nc(Cc2ccccc2)no1. The van der Waals surface area contributed by atoms with Crippen LogP contribution in [0.1, 0.15) is 29.5 Å². The van der Waals surface area contributed by atoms with E-state index in [0.29, 0.717) is 30.4 Å². The zero-order valence-electron chi connectivity index (χ0n) is 12.8. The lowest BCUT2D eigenvalue weighted by Gasteiger charge is -2.00. The molecular formula is C15H16N6O3. The van der Waals surface area contributed by atoms with Gasteiger partial charge in [0.25, 0.3) is 0 Å². The predicted octanol–water partition coefficient (Wildman–Crippen LogP) is 0.321. The van der Waals surface area contributed by atoms with Crippen LogP contribution >= 0.6 is 0 Å². The van der Waals surface area contributed by atoms with Gasteiger partial charge in [-0.25, -0.2) is 9.89 Å². The fraction of sp³-hybridized carbons (Fsp3) is 0.267. The van der Waals surface area contributed by atoms with Crippen LogP contribution in [0.15, 0.2) is 39.6 Å². The van der Waals surface area contributed by atoms with Gasteiger partial charge in [-0.3, -0.25) is 9.78 Å². The number of benzene rings is 1. The molecule has 0 bridgehead atoms. The Morgan fingerprint density at radius 2 is 2.08 bits per heavy atom. The van der Waals surface area contributed by atoms with Gasteiger partial charge in [0, 0.05) is 19.3 Å². The molecule has 0 radical (unpaired) electrons. The molecule has 24 heavy (non-hydrogen) atoms. The molecule has 2 heterocycles. The molecule has 0 aliphatic rings. The number of rotatable bonds is 7. The van der Waals surface area contributed by atoms with Gasteiger partial charge in [0.1, 0.15) is 5.82 Å². The maximum atomic E-state index is 11.8. The van der Waals surface area contributed by atoms with Crippen LogP contribution in [-0.4, -0.2) is 31.2 Å². The number of hydrogen-bond acceptors (Lipinski definition) is 6. The molecule has 0 saturated carbocycles. The fourth-order valence-electron chi connectivity index (χ4n) is 2.13. The van der Waals surface area contributed by atoms with Crippen LogP contribution in [0.3, 0.4) is 0 Å². The summed E-state index contributed by atoms with van der Waals surface area (Å²) < 4.78 is 5.11. The molecule has 2 aromatic heterocycles. The van der Waals surface area contributed by atoms with Crippen molar-refractivity contribution in [2.75, 3.05) is 0 Å². The van der Waals surface area contributed by atoms with Gasteiger partial charge in [-0.15, -0.1) is 0 Å². The number of carbonyl (C=O) groups is 1. The second kappa shape index (κ2) is 7.36. The van der Waals surface area contributed by atoms with Gasteiger partial charge in [-0.1, -0.05) is 35.5 Å². The minimum absolute atomic E-state index is 0.164. The quantitative estimate of drug-likeness (QED) is 0.573. The zero-order chi connectivity index (χ0) is 16.8. The average Bonchev–Trinajstić information content (AvgIpc) is 3.21. The molecule has 1 amide bonds. The van der Waals surface area contributed by atoms with E-state index in [1.807, 2.05) is 30.3 Å². The van der Waals surface area contributed by atoms with Crippen molar-refractivity contribution in [3.05, 3.63) is 63.9 Å². The van der Waals surface area contributed by atoms with Crippen LogP contribution < -0.4 is 11.0 Å². The highest BCUT2D eigenvalue weighted by Gasteiger charge is 2.09. The van der Waals surface area contributed by atoms with E-state index >= 15 is 0 Å². The third-order valence-electron chi connectivity index (χ3n) is 3.29. The second-order valence-electron chi connectivity index (χ2n) is 5.17. The largest absolute Gasteiger partial charge is 0.347 e. The molecule has 124 valence electrons. The predicted molar refractivity (Wildman–Crippen MR) is 82.9 cm³/mol. The number of nitrogens with zero attached hydrogens (tertiary/aromatic N) is 3. The van der Waals surface area contributed by atoms with E-state index in [1.165, 1.54) is 0 Å². The van der Waals surface area contributed by atoms with E-state index in [1.54, 1.807) is 0 Å². The number of nitrogens with one attached hydrogen (secondary N) is 3. The zero-order valence-corrected chi connectivity index (χ0v) is 12.8. The van der Waals surface area contributed by atoms with Gasteiger partial charge >= 0.3 is 5.69 Å². The lowest BCUT2D eigenvalue weighted by molar-refractivity contribution is -0.121. The number of amides is 1. The molecule has 1 aromatic carbocycles. The summed E-state index contributed by atoms with van der Waals surface area (Å²) in [5, 5.41) is 12.6. The van der Waals surface area contributed by atoms with Crippen molar-refractivity contribution in [3.63, 3.8) is 0 Å². The van der Waals surface area contributed by atoms with Crippen molar-refractivity contribution in [3.8, 4) is 0 Å². The number of aryl methyl sites for hydroxylation is 1. The highest BCUT2D eigenvalue weighted by Crippen LogP contribution is 2.06. The molecule has 3 aromatic rings. The van der Waals surface area contributed by atoms with Crippen molar-refractivity contribution in [2.45, 2.75) is 25.8 Å². The van der Waals surface area contributed by atoms with Crippen LogP contribution in [0.25, 0.3) is 0 Å². The summed E-state index contributed by atoms with van der Waals surface area (Å²) in [6.07, 6.45) is 1.12. The molecule has 0 fully saturated rings. The fourth-order valence-corrected chi connectivity index (χ4v) is 2.13. The summed E-state index contributed by atoms with van der Waals surface area (Å²) in [6, 6.07) is 9.81. The van der Waals surface area contributed by atoms with Crippen molar-refractivity contribution < 1.29 is 9.32 Å². The van der Waals surface area contributed by atoms with Crippen LogP contribution in [0.4, 0.5) is 0 Å². The van der Waals surface area contributed by atoms with Gasteiger partial charge in [-0.2, -0.15) is 10.1 Å². The first-order chi connectivity index (χ1) is 11.7. The molecule has 9 nitrogen and oxygen atoms in total. The number of aromatic nitrogens is 5. The van der Waals surface area contributed by atoms with E-state index in [-0.39, 0.29) is 24.6 Å². The van der Waals surface area contributed by atoms with Crippen LogP contribution in [-0.2, 0) is 24.2 Å². The number of aromatic amines is 2. The molecule has 9 heteroatoms. The summed E-state index contributed by atoms with van der Waals surface area (Å²) in [6.45, 7) is 0.164. The van der Waals surface area contributed by atoms with Gasteiger partial charge < -0.3 is 9.84 Å². The van der Waals surface area contributed by atoms with Crippen molar-refractivity contribution >= 4 is 5.91 Å². The third kappa shape index (κ3) is 4.38. The first-order valence-electron chi connectivity index (χ1n) is 7.44. The molecule has 3 rings (SSSR count). The number of H-pyrrole nitrogens is 2. The first kappa shape index (κ1) is 15.7. The maximum absolute atomic E-state index is 11.8. The second-order valence-corrected chi connectivity index (χ2v) is 5.17. The van der Waals surface area contributed by atoms with E-state index in [2.05, 4.69) is 30.6 Å². The Bertz CT molecular complexity index is 851. The van der Waals surface area contributed by atoms with E-state index in [0.717, 1.165) is 5.56 Å². The normalized spacial score (nSPS) is 10.7. The molecule has 0 atom stereocenters.